The highest BCUT2D eigenvalue weighted by Crippen LogP contribution is 2.14. The van der Waals surface area contributed by atoms with E-state index in [0.717, 1.165) is 19.4 Å². The summed E-state index contributed by atoms with van der Waals surface area (Å²) in [6, 6.07) is 0.342. The quantitative estimate of drug-likeness (QED) is 0.637. The maximum Gasteiger partial charge on any atom is 0.409 e. The molecule has 1 aliphatic heterocycles. The molecule has 1 heterocycles. The highest BCUT2D eigenvalue weighted by Gasteiger charge is 2.23. The van der Waals surface area contributed by atoms with Crippen molar-refractivity contribution in [2.75, 3.05) is 13.2 Å². The Hall–Kier alpha value is -0.730. The van der Waals surface area contributed by atoms with Crippen molar-refractivity contribution in [3.8, 4) is 0 Å². The molecule has 82 valence electrons. The molecule has 3 nitrogen and oxygen atoms in total. The third-order valence-electron chi connectivity index (χ3n) is 2.76. The Kier molecular flexibility index (Phi) is 4.77. The highest BCUT2D eigenvalue weighted by atomic mass is 16.6. The van der Waals surface area contributed by atoms with Gasteiger partial charge in [0, 0.05) is 12.6 Å². The second-order valence-corrected chi connectivity index (χ2v) is 4.01. The first-order chi connectivity index (χ1) is 6.75. The van der Waals surface area contributed by atoms with Gasteiger partial charge in [0.15, 0.2) is 0 Å². The number of rotatable bonds is 5. The Morgan fingerprint density at radius 3 is 2.93 bits per heavy atom. The maximum absolute atomic E-state index is 11.4. The van der Waals surface area contributed by atoms with Gasteiger partial charge in [0.25, 0.3) is 0 Å². The van der Waals surface area contributed by atoms with E-state index >= 15 is 0 Å². The van der Waals surface area contributed by atoms with Gasteiger partial charge in [-0.1, -0.05) is 26.2 Å². The van der Waals surface area contributed by atoms with E-state index in [-0.39, 0.29) is 6.09 Å². The van der Waals surface area contributed by atoms with Gasteiger partial charge < -0.3 is 9.64 Å². The Morgan fingerprint density at radius 1 is 1.50 bits per heavy atom. The molecule has 1 saturated heterocycles. The molecule has 1 aliphatic rings. The summed E-state index contributed by atoms with van der Waals surface area (Å²) in [6.07, 6.45) is 5.65. The van der Waals surface area contributed by atoms with Crippen molar-refractivity contribution in [2.24, 2.45) is 0 Å². The van der Waals surface area contributed by atoms with Crippen molar-refractivity contribution in [3.05, 3.63) is 0 Å². The van der Waals surface area contributed by atoms with Crippen molar-refractivity contribution in [1.29, 1.82) is 0 Å². The topological polar surface area (TPSA) is 29.5 Å². The Morgan fingerprint density at radius 2 is 2.29 bits per heavy atom. The zero-order chi connectivity index (χ0) is 10.4. The van der Waals surface area contributed by atoms with Crippen molar-refractivity contribution in [2.45, 2.75) is 52.0 Å². The fourth-order valence-corrected chi connectivity index (χ4v) is 1.81. The van der Waals surface area contributed by atoms with E-state index in [9.17, 15) is 4.79 Å². The Bertz CT molecular complexity index is 182. The second-order valence-electron chi connectivity index (χ2n) is 4.01. The van der Waals surface area contributed by atoms with Crippen molar-refractivity contribution in [3.63, 3.8) is 0 Å². The molecule has 3 heteroatoms. The molecule has 1 amide bonds. The molecule has 14 heavy (non-hydrogen) atoms. The van der Waals surface area contributed by atoms with Crippen LogP contribution in [-0.2, 0) is 4.74 Å². The number of ether oxygens (including phenoxy) is 1. The minimum atomic E-state index is -0.125. The molecule has 0 aromatic rings. The van der Waals surface area contributed by atoms with Crippen LogP contribution in [0.3, 0.4) is 0 Å². The summed E-state index contributed by atoms with van der Waals surface area (Å²) in [4.78, 5) is 13.2. The van der Waals surface area contributed by atoms with E-state index in [0.29, 0.717) is 12.6 Å². The summed E-state index contributed by atoms with van der Waals surface area (Å²) in [5.74, 6) is 0. The van der Waals surface area contributed by atoms with Crippen molar-refractivity contribution in [1.82, 2.24) is 4.90 Å². The Balaban J connectivity index is 2.27. The lowest BCUT2D eigenvalue weighted by molar-refractivity contribution is 0.0562. The summed E-state index contributed by atoms with van der Waals surface area (Å²) in [5, 5.41) is 0. The molecular formula is C11H21NO2. The molecule has 1 atom stereocenters. The number of carbonyl (C=O) groups excluding carboxylic acids is 1. The van der Waals surface area contributed by atoms with E-state index in [4.69, 9.17) is 4.74 Å². The van der Waals surface area contributed by atoms with Crippen molar-refractivity contribution >= 4 is 6.09 Å². The molecule has 1 rings (SSSR count). The van der Waals surface area contributed by atoms with Crippen LogP contribution >= 0.6 is 0 Å². The molecule has 0 N–H and O–H groups in total. The summed E-state index contributed by atoms with van der Waals surface area (Å²) < 4.78 is 5.00. The summed E-state index contributed by atoms with van der Waals surface area (Å²) in [6.45, 7) is 5.77. The van der Waals surface area contributed by atoms with Crippen LogP contribution in [0.15, 0.2) is 0 Å². The van der Waals surface area contributed by atoms with Gasteiger partial charge in [0.1, 0.15) is 0 Å². The average molecular weight is 199 g/mol. The fraction of sp³-hybridized carbons (Fsp3) is 0.909. The minimum Gasteiger partial charge on any atom is -0.449 e. The van der Waals surface area contributed by atoms with Gasteiger partial charge in [-0.15, -0.1) is 0 Å². The fourth-order valence-electron chi connectivity index (χ4n) is 1.81. The predicted molar refractivity (Wildman–Crippen MR) is 56.3 cm³/mol. The second kappa shape index (κ2) is 5.89. The predicted octanol–water partition coefficient (Wildman–Crippen LogP) is 2.80. The first kappa shape index (κ1) is 11.3. The zero-order valence-corrected chi connectivity index (χ0v) is 9.29. The lowest BCUT2D eigenvalue weighted by atomic mass is 10.1. The van der Waals surface area contributed by atoms with Crippen LogP contribution in [0.1, 0.15) is 46.0 Å². The third-order valence-corrected chi connectivity index (χ3v) is 2.76. The summed E-state index contributed by atoms with van der Waals surface area (Å²) >= 11 is 0. The van der Waals surface area contributed by atoms with E-state index < -0.39 is 0 Å². The molecule has 0 bridgehead atoms. The van der Waals surface area contributed by atoms with E-state index in [1.165, 1.54) is 19.3 Å². The van der Waals surface area contributed by atoms with E-state index in [1.807, 2.05) is 4.90 Å². The van der Waals surface area contributed by atoms with Gasteiger partial charge in [-0.25, -0.2) is 4.79 Å². The number of hydrogen-bond acceptors (Lipinski definition) is 2. The third kappa shape index (κ3) is 3.20. The largest absolute Gasteiger partial charge is 0.449 e. The standard InChI is InChI=1S/C11H21NO2/c1-3-4-5-7-10(2)12-8-6-9-14-11(12)13/h10H,3-9H2,1-2H3. The van der Waals surface area contributed by atoms with Crippen LogP contribution in [0.2, 0.25) is 0 Å². The molecule has 1 fully saturated rings. The smallest absolute Gasteiger partial charge is 0.409 e. The summed E-state index contributed by atoms with van der Waals surface area (Å²) in [7, 11) is 0. The lowest BCUT2D eigenvalue weighted by Gasteiger charge is -2.31. The first-order valence-electron chi connectivity index (χ1n) is 5.69. The molecule has 0 aliphatic carbocycles. The van der Waals surface area contributed by atoms with Crippen molar-refractivity contribution < 1.29 is 9.53 Å². The van der Waals surface area contributed by atoms with Gasteiger partial charge in [-0.05, 0) is 19.8 Å². The molecule has 0 aromatic heterocycles. The molecule has 0 radical (unpaired) electrons. The average Bonchev–Trinajstić information content (AvgIpc) is 2.18. The lowest BCUT2D eigenvalue weighted by Crippen LogP contribution is -2.43. The molecule has 0 aromatic carbocycles. The molecular weight excluding hydrogens is 178 g/mol. The SMILES string of the molecule is CCCCCC(C)N1CCCOC1=O. The molecule has 1 unspecified atom stereocenters. The van der Waals surface area contributed by atoms with Gasteiger partial charge >= 0.3 is 6.09 Å². The normalized spacial score (nSPS) is 19.3. The summed E-state index contributed by atoms with van der Waals surface area (Å²) in [5.41, 5.74) is 0. The zero-order valence-electron chi connectivity index (χ0n) is 9.29. The van der Waals surface area contributed by atoms with E-state index in [1.54, 1.807) is 0 Å². The van der Waals surface area contributed by atoms with Gasteiger partial charge in [-0.2, -0.15) is 0 Å². The van der Waals surface area contributed by atoms with Gasteiger partial charge in [0.05, 0.1) is 6.61 Å². The number of cyclic esters (lactones) is 1. The number of amides is 1. The maximum atomic E-state index is 11.4. The minimum absolute atomic E-state index is 0.125. The number of carbonyl (C=O) groups is 1. The molecule has 0 saturated carbocycles. The number of hydrogen-bond donors (Lipinski definition) is 0. The van der Waals surface area contributed by atoms with Crippen LogP contribution in [0.5, 0.6) is 0 Å². The highest BCUT2D eigenvalue weighted by molar-refractivity contribution is 5.68. The molecule has 0 spiro atoms. The van der Waals surface area contributed by atoms with Gasteiger partial charge in [0.2, 0.25) is 0 Å². The number of nitrogens with zero attached hydrogens (tertiary/aromatic N) is 1. The van der Waals surface area contributed by atoms with Crippen LogP contribution < -0.4 is 0 Å². The van der Waals surface area contributed by atoms with Gasteiger partial charge in [-0.3, -0.25) is 0 Å². The number of unbranched alkanes of at least 4 members (excludes halogenated alkanes) is 2. The van der Waals surface area contributed by atoms with Crippen LogP contribution in [0, 0.1) is 0 Å². The van der Waals surface area contributed by atoms with Crippen LogP contribution in [-0.4, -0.2) is 30.2 Å². The van der Waals surface area contributed by atoms with Crippen LogP contribution in [0.4, 0.5) is 4.79 Å². The monoisotopic (exact) mass is 199 g/mol. The first-order valence-corrected chi connectivity index (χ1v) is 5.69. The van der Waals surface area contributed by atoms with E-state index in [2.05, 4.69) is 13.8 Å². The Labute approximate surface area is 86.4 Å². The van der Waals surface area contributed by atoms with Crippen LogP contribution in [0.25, 0.3) is 0 Å².